The van der Waals surface area contributed by atoms with Crippen molar-refractivity contribution in [3.8, 4) is 0 Å². The Morgan fingerprint density at radius 1 is 1.33 bits per heavy atom. The Bertz CT molecular complexity index is 578. The van der Waals surface area contributed by atoms with Gasteiger partial charge in [0.05, 0.1) is 0 Å². The van der Waals surface area contributed by atoms with Crippen LogP contribution < -0.4 is 5.32 Å². The van der Waals surface area contributed by atoms with E-state index in [0.29, 0.717) is 19.3 Å². The molecule has 0 aromatic heterocycles. The average Bonchev–Trinajstić information content (AvgIpc) is 2.47. The predicted octanol–water partition coefficient (Wildman–Crippen LogP) is 2.74. The summed E-state index contributed by atoms with van der Waals surface area (Å²) in [6, 6.07) is 0.556. The van der Waals surface area contributed by atoms with Crippen LogP contribution in [-0.4, -0.2) is 34.6 Å². The van der Waals surface area contributed by atoms with Crippen LogP contribution in [0, 0.1) is 18.6 Å². The van der Waals surface area contributed by atoms with E-state index in [1.807, 2.05) is 0 Å². The zero-order valence-corrected chi connectivity index (χ0v) is 11.5. The van der Waals surface area contributed by atoms with Crippen LogP contribution in [-0.2, 0) is 4.79 Å². The highest BCUT2D eigenvalue weighted by Crippen LogP contribution is 2.24. The number of piperidine rings is 1. The average molecular weight is 298 g/mol. The van der Waals surface area contributed by atoms with Crippen LogP contribution in [0.5, 0.6) is 0 Å². The van der Waals surface area contributed by atoms with Crippen molar-refractivity contribution in [1.29, 1.82) is 0 Å². The molecule has 1 aromatic rings. The summed E-state index contributed by atoms with van der Waals surface area (Å²) in [6.07, 6.45) is 1.70. The lowest BCUT2D eigenvalue weighted by atomic mass is 10.0. The minimum atomic E-state index is -1.12. The zero-order chi connectivity index (χ0) is 15.6. The van der Waals surface area contributed by atoms with Gasteiger partial charge in [-0.15, -0.1) is 0 Å². The molecule has 21 heavy (non-hydrogen) atoms. The van der Waals surface area contributed by atoms with E-state index in [9.17, 15) is 18.4 Å². The SMILES string of the molecule is Cc1ccc(F)c(NC(=O)N2CCCCC2C(=O)O)c1F. The van der Waals surface area contributed by atoms with Gasteiger partial charge in [0, 0.05) is 6.54 Å². The Labute approximate surface area is 120 Å². The van der Waals surface area contributed by atoms with Crippen LogP contribution in [0.25, 0.3) is 0 Å². The van der Waals surface area contributed by atoms with Crippen molar-refractivity contribution in [2.24, 2.45) is 0 Å². The number of carbonyl (C=O) groups excluding carboxylic acids is 1. The van der Waals surface area contributed by atoms with Crippen molar-refractivity contribution in [2.75, 3.05) is 11.9 Å². The Morgan fingerprint density at radius 3 is 2.71 bits per heavy atom. The molecule has 1 unspecified atom stereocenters. The number of urea groups is 1. The number of nitrogens with one attached hydrogen (secondary N) is 1. The number of rotatable bonds is 2. The number of halogens is 2. The summed E-state index contributed by atoms with van der Waals surface area (Å²) in [4.78, 5) is 24.4. The highest BCUT2D eigenvalue weighted by Gasteiger charge is 2.32. The zero-order valence-electron chi connectivity index (χ0n) is 11.5. The molecule has 1 aliphatic heterocycles. The molecular formula is C14H16F2N2O3. The summed E-state index contributed by atoms with van der Waals surface area (Å²) < 4.78 is 27.5. The second-order valence-corrected chi connectivity index (χ2v) is 5.03. The Kier molecular flexibility index (Phi) is 4.40. The van der Waals surface area contributed by atoms with Crippen molar-refractivity contribution in [1.82, 2.24) is 4.90 Å². The lowest BCUT2D eigenvalue weighted by Crippen LogP contribution is -2.49. The number of anilines is 1. The Morgan fingerprint density at radius 2 is 2.05 bits per heavy atom. The number of carbonyl (C=O) groups is 2. The van der Waals surface area contributed by atoms with Gasteiger partial charge in [0.25, 0.3) is 0 Å². The first-order valence-corrected chi connectivity index (χ1v) is 6.67. The molecule has 0 saturated carbocycles. The van der Waals surface area contributed by atoms with Gasteiger partial charge in [-0.05, 0) is 37.8 Å². The molecule has 0 radical (unpaired) electrons. The number of likely N-dealkylation sites (tertiary alicyclic amines) is 1. The van der Waals surface area contributed by atoms with Crippen molar-refractivity contribution < 1.29 is 23.5 Å². The molecule has 1 aliphatic rings. The van der Waals surface area contributed by atoms with Crippen LogP contribution in [0.3, 0.4) is 0 Å². The van der Waals surface area contributed by atoms with E-state index in [4.69, 9.17) is 5.11 Å². The van der Waals surface area contributed by atoms with E-state index < -0.39 is 35.4 Å². The van der Waals surface area contributed by atoms with Crippen LogP contribution >= 0.6 is 0 Å². The quantitative estimate of drug-likeness (QED) is 0.882. The number of hydrogen-bond acceptors (Lipinski definition) is 2. The number of aryl methyl sites for hydroxylation is 1. The standard InChI is InChI=1S/C14H16F2N2O3/c1-8-5-6-9(15)12(11(8)16)17-14(21)18-7-3-2-4-10(18)13(19)20/h5-6,10H,2-4,7H2,1H3,(H,17,21)(H,19,20). The summed E-state index contributed by atoms with van der Waals surface area (Å²) in [6.45, 7) is 1.70. The first-order chi connectivity index (χ1) is 9.91. The lowest BCUT2D eigenvalue weighted by molar-refractivity contribution is -0.143. The number of carboxylic acid groups (broad SMARTS) is 1. The van der Waals surface area contributed by atoms with E-state index >= 15 is 0 Å². The Balaban J connectivity index is 2.21. The van der Waals surface area contributed by atoms with Crippen LogP contribution in [0.2, 0.25) is 0 Å². The molecule has 1 saturated heterocycles. The van der Waals surface area contributed by atoms with E-state index in [0.717, 1.165) is 11.0 Å². The number of hydrogen-bond donors (Lipinski definition) is 2. The summed E-state index contributed by atoms with van der Waals surface area (Å²) in [5.41, 5.74) is -0.352. The molecule has 5 nitrogen and oxygen atoms in total. The van der Waals surface area contributed by atoms with Gasteiger partial charge in [0.2, 0.25) is 0 Å². The number of nitrogens with zero attached hydrogens (tertiary/aromatic N) is 1. The number of benzene rings is 1. The molecule has 0 spiro atoms. The van der Waals surface area contributed by atoms with Gasteiger partial charge in [0.15, 0.2) is 5.82 Å². The van der Waals surface area contributed by atoms with E-state index in [1.165, 1.54) is 13.0 Å². The maximum atomic E-state index is 13.9. The topological polar surface area (TPSA) is 69.6 Å². The third kappa shape index (κ3) is 3.12. The molecule has 1 aromatic carbocycles. The van der Waals surface area contributed by atoms with E-state index in [1.54, 1.807) is 0 Å². The molecular weight excluding hydrogens is 282 g/mol. The monoisotopic (exact) mass is 298 g/mol. The fourth-order valence-corrected chi connectivity index (χ4v) is 2.38. The second kappa shape index (κ2) is 6.07. The van der Waals surface area contributed by atoms with Crippen LogP contribution in [0.1, 0.15) is 24.8 Å². The Hall–Kier alpha value is -2.18. The molecule has 0 bridgehead atoms. The third-order valence-corrected chi connectivity index (χ3v) is 3.56. The maximum Gasteiger partial charge on any atom is 0.326 e. The minimum absolute atomic E-state index is 0.195. The highest BCUT2D eigenvalue weighted by molar-refractivity contribution is 5.92. The molecule has 2 N–H and O–H groups in total. The summed E-state index contributed by atoms with van der Waals surface area (Å²) in [7, 11) is 0. The summed E-state index contributed by atoms with van der Waals surface area (Å²) in [5, 5.41) is 11.3. The van der Waals surface area contributed by atoms with Crippen molar-refractivity contribution in [3.63, 3.8) is 0 Å². The lowest BCUT2D eigenvalue weighted by Gasteiger charge is -2.32. The van der Waals surface area contributed by atoms with Crippen LogP contribution in [0.4, 0.5) is 19.3 Å². The molecule has 1 atom stereocenters. The summed E-state index contributed by atoms with van der Waals surface area (Å²) >= 11 is 0. The van der Waals surface area contributed by atoms with Crippen molar-refractivity contribution in [2.45, 2.75) is 32.2 Å². The van der Waals surface area contributed by atoms with Gasteiger partial charge in [-0.25, -0.2) is 18.4 Å². The predicted molar refractivity (Wildman–Crippen MR) is 72.1 cm³/mol. The minimum Gasteiger partial charge on any atom is -0.480 e. The first-order valence-electron chi connectivity index (χ1n) is 6.67. The van der Waals surface area contributed by atoms with Gasteiger partial charge in [-0.3, -0.25) is 0 Å². The molecule has 0 aliphatic carbocycles. The van der Waals surface area contributed by atoms with Gasteiger partial charge in [-0.2, -0.15) is 0 Å². The van der Waals surface area contributed by atoms with E-state index in [2.05, 4.69) is 5.32 Å². The molecule has 1 heterocycles. The fourth-order valence-electron chi connectivity index (χ4n) is 2.38. The second-order valence-electron chi connectivity index (χ2n) is 5.03. The van der Waals surface area contributed by atoms with Gasteiger partial charge >= 0.3 is 12.0 Å². The molecule has 7 heteroatoms. The fraction of sp³-hybridized carbons (Fsp3) is 0.429. The largest absolute Gasteiger partial charge is 0.480 e. The number of carboxylic acids is 1. The first kappa shape index (κ1) is 15.2. The molecule has 1 fully saturated rings. The van der Waals surface area contributed by atoms with Gasteiger partial charge in [0.1, 0.15) is 17.5 Å². The molecule has 2 amide bonds. The molecule has 114 valence electrons. The third-order valence-electron chi connectivity index (χ3n) is 3.56. The highest BCUT2D eigenvalue weighted by atomic mass is 19.1. The summed E-state index contributed by atoms with van der Waals surface area (Å²) in [5.74, 6) is -2.86. The van der Waals surface area contributed by atoms with Crippen molar-refractivity contribution in [3.05, 3.63) is 29.3 Å². The van der Waals surface area contributed by atoms with Crippen molar-refractivity contribution >= 4 is 17.7 Å². The normalized spacial score (nSPS) is 18.4. The molecule has 2 rings (SSSR count). The van der Waals surface area contributed by atoms with Gasteiger partial charge in [-0.1, -0.05) is 6.07 Å². The smallest absolute Gasteiger partial charge is 0.326 e. The van der Waals surface area contributed by atoms with E-state index in [-0.39, 0.29) is 12.1 Å². The maximum absolute atomic E-state index is 13.9. The number of aliphatic carboxylic acids is 1. The number of amides is 2. The van der Waals surface area contributed by atoms with Crippen LogP contribution in [0.15, 0.2) is 12.1 Å². The van der Waals surface area contributed by atoms with Gasteiger partial charge < -0.3 is 15.3 Å².